The highest BCUT2D eigenvalue weighted by Crippen LogP contribution is 2.32. The molecule has 0 aliphatic rings. The van der Waals surface area contributed by atoms with Gasteiger partial charge in [-0.25, -0.2) is 9.97 Å². The van der Waals surface area contributed by atoms with Gasteiger partial charge < -0.3 is 20.6 Å². The summed E-state index contributed by atoms with van der Waals surface area (Å²) in [7, 11) is 1.79. The van der Waals surface area contributed by atoms with Crippen LogP contribution in [0.5, 0.6) is 0 Å². The van der Waals surface area contributed by atoms with Gasteiger partial charge in [0.25, 0.3) is 0 Å². The van der Waals surface area contributed by atoms with E-state index in [-0.39, 0.29) is 17.9 Å². The molecule has 0 unspecified atom stereocenters. The summed E-state index contributed by atoms with van der Waals surface area (Å²) in [6, 6.07) is 7.45. The van der Waals surface area contributed by atoms with Crippen molar-refractivity contribution in [2.45, 2.75) is 32.7 Å². The fourth-order valence-electron chi connectivity index (χ4n) is 3.68. The maximum Gasteiger partial charge on any atom is 0.315 e. The lowest BCUT2D eigenvalue weighted by atomic mass is 9.96. The van der Waals surface area contributed by atoms with Crippen LogP contribution in [0, 0.1) is 0 Å². The number of rotatable bonds is 5. The van der Waals surface area contributed by atoms with Crippen LogP contribution in [0.15, 0.2) is 41.2 Å². The van der Waals surface area contributed by atoms with Crippen molar-refractivity contribution in [2.24, 2.45) is 7.05 Å². The maximum atomic E-state index is 12.5. The van der Waals surface area contributed by atoms with Gasteiger partial charge in [0.15, 0.2) is 23.0 Å². The van der Waals surface area contributed by atoms with Gasteiger partial charge in [0.1, 0.15) is 5.52 Å². The topological polar surface area (TPSA) is 153 Å². The van der Waals surface area contributed by atoms with Gasteiger partial charge in [0, 0.05) is 42.0 Å². The largest absolute Gasteiger partial charge is 0.396 e. The van der Waals surface area contributed by atoms with Gasteiger partial charge in [-0.2, -0.15) is 10.1 Å². The molecule has 0 fully saturated rings. The Labute approximate surface area is 211 Å². The molecule has 4 heterocycles. The fraction of sp³-hybridized carbons (Fsp3) is 0.250. The number of imidazole rings is 1. The number of nitrogen functional groups attached to an aromatic ring is 1. The number of nitrogens with two attached hydrogens (primary N) is 1. The molecule has 11 nitrogen and oxygen atoms in total. The van der Waals surface area contributed by atoms with Crippen LogP contribution < -0.4 is 11.1 Å². The molecule has 4 aromatic heterocycles. The van der Waals surface area contributed by atoms with E-state index in [4.69, 9.17) is 26.8 Å². The molecule has 184 valence electrons. The molecule has 5 aromatic rings. The van der Waals surface area contributed by atoms with Gasteiger partial charge in [-0.05, 0) is 23.3 Å². The number of nitrogens with one attached hydrogen (secondary N) is 2. The van der Waals surface area contributed by atoms with Crippen molar-refractivity contribution in [3.8, 4) is 22.6 Å². The quantitative estimate of drug-likeness (QED) is 0.325. The smallest absolute Gasteiger partial charge is 0.315 e. The minimum absolute atomic E-state index is 0.0882. The molecule has 12 heteroatoms. The van der Waals surface area contributed by atoms with E-state index in [1.807, 2.05) is 45.0 Å². The molecule has 0 saturated heterocycles. The van der Waals surface area contributed by atoms with Gasteiger partial charge >= 0.3 is 11.8 Å². The first kappa shape index (κ1) is 23.5. The minimum Gasteiger partial charge on any atom is -0.396 e. The maximum absolute atomic E-state index is 12.5. The van der Waals surface area contributed by atoms with Gasteiger partial charge in [0.05, 0.1) is 5.69 Å². The number of hydrogen-bond donors (Lipinski definition) is 3. The summed E-state index contributed by atoms with van der Waals surface area (Å²) in [4.78, 5) is 28.9. The van der Waals surface area contributed by atoms with Gasteiger partial charge in [-0.1, -0.05) is 49.7 Å². The Bertz CT molecular complexity index is 1590. The Balaban J connectivity index is 1.37. The van der Waals surface area contributed by atoms with Crippen LogP contribution in [0.4, 0.5) is 5.69 Å². The molecule has 0 bridgehead atoms. The molecule has 36 heavy (non-hydrogen) atoms. The number of carbonyl (C=O) groups is 1. The van der Waals surface area contributed by atoms with Crippen molar-refractivity contribution in [1.82, 2.24) is 40.2 Å². The van der Waals surface area contributed by atoms with E-state index in [0.717, 1.165) is 16.7 Å². The standard InChI is InChI=1S/C24H24ClN9O2/c1-24(2,3)23-31-22(36-33-23)21(35)28-10-13-6-5-12(9-15(13)25)14-7-8-27-19-17(14)29-20(30-19)18-16(26)11-34(4)32-18/h5-9,11H,10,26H2,1-4H3,(H,28,35)(H,27,29,30). The van der Waals surface area contributed by atoms with Crippen LogP contribution in [-0.4, -0.2) is 40.8 Å². The van der Waals surface area contributed by atoms with Crippen LogP contribution in [0.2, 0.25) is 5.02 Å². The highest BCUT2D eigenvalue weighted by molar-refractivity contribution is 6.31. The number of nitrogens with zero attached hydrogens (tertiary/aromatic N) is 6. The minimum atomic E-state index is -0.466. The number of amides is 1. The third kappa shape index (κ3) is 4.40. The van der Waals surface area contributed by atoms with Crippen LogP contribution in [0.3, 0.4) is 0 Å². The number of aromatic amines is 1. The number of anilines is 1. The zero-order valence-electron chi connectivity index (χ0n) is 20.1. The monoisotopic (exact) mass is 505 g/mol. The lowest BCUT2D eigenvalue weighted by Gasteiger charge is -2.10. The predicted molar refractivity (Wildman–Crippen MR) is 135 cm³/mol. The van der Waals surface area contributed by atoms with Crippen molar-refractivity contribution in [3.05, 3.63) is 59.0 Å². The van der Waals surface area contributed by atoms with Crippen molar-refractivity contribution < 1.29 is 9.32 Å². The summed E-state index contributed by atoms with van der Waals surface area (Å²) < 4.78 is 6.73. The number of benzene rings is 1. The second kappa shape index (κ2) is 8.76. The number of halogens is 1. The highest BCUT2D eigenvalue weighted by atomic mass is 35.5. The summed E-state index contributed by atoms with van der Waals surface area (Å²) in [5.74, 6) is 0.441. The van der Waals surface area contributed by atoms with E-state index in [0.29, 0.717) is 39.2 Å². The Morgan fingerprint density at radius 3 is 2.72 bits per heavy atom. The highest BCUT2D eigenvalue weighted by Gasteiger charge is 2.24. The lowest BCUT2D eigenvalue weighted by molar-refractivity contribution is 0.0907. The predicted octanol–water partition coefficient (Wildman–Crippen LogP) is 3.87. The molecule has 5 rings (SSSR count). The van der Waals surface area contributed by atoms with Crippen LogP contribution >= 0.6 is 11.6 Å². The number of carbonyl (C=O) groups excluding carboxylic acids is 1. The van der Waals surface area contributed by atoms with E-state index in [1.165, 1.54) is 0 Å². The molecular formula is C24H24ClN9O2. The van der Waals surface area contributed by atoms with E-state index >= 15 is 0 Å². The van der Waals surface area contributed by atoms with Gasteiger partial charge in [-0.15, -0.1) is 0 Å². The summed E-state index contributed by atoms with van der Waals surface area (Å²) in [6.07, 6.45) is 3.41. The Morgan fingerprint density at radius 2 is 2.06 bits per heavy atom. The summed E-state index contributed by atoms with van der Waals surface area (Å²) in [6.45, 7) is 6.02. The van der Waals surface area contributed by atoms with Crippen LogP contribution in [-0.2, 0) is 19.0 Å². The number of H-pyrrole nitrogens is 1. The van der Waals surface area contributed by atoms with Crippen LogP contribution in [0.25, 0.3) is 33.8 Å². The molecule has 0 spiro atoms. The first-order chi connectivity index (χ1) is 17.1. The molecule has 0 atom stereocenters. The normalized spacial score (nSPS) is 11.8. The SMILES string of the molecule is Cn1cc(N)c(-c2nc3c(-c4ccc(CNC(=O)c5nc(C(C)(C)C)no5)c(Cl)c4)ccnc3[nH]2)n1. The molecule has 1 amide bonds. The number of fused-ring (bicyclic) bond motifs is 1. The molecule has 0 saturated carbocycles. The van der Waals surface area contributed by atoms with E-state index in [2.05, 4.69) is 30.5 Å². The average molecular weight is 506 g/mol. The summed E-state index contributed by atoms with van der Waals surface area (Å²) >= 11 is 6.57. The van der Waals surface area contributed by atoms with E-state index < -0.39 is 5.91 Å². The summed E-state index contributed by atoms with van der Waals surface area (Å²) in [5.41, 5.74) is 10.5. The van der Waals surface area contributed by atoms with Crippen LogP contribution in [0.1, 0.15) is 42.8 Å². The van der Waals surface area contributed by atoms with Crippen molar-refractivity contribution in [3.63, 3.8) is 0 Å². The molecular weight excluding hydrogens is 482 g/mol. The van der Waals surface area contributed by atoms with Crippen molar-refractivity contribution in [1.29, 1.82) is 0 Å². The number of aryl methyl sites for hydroxylation is 1. The molecule has 1 aromatic carbocycles. The second-order valence-electron chi connectivity index (χ2n) is 9.41. The van der Waals surface area contributed by atoms with Gasteiger partial charge in [-0.3, -0.25) is 9.48 Å². The zero-order valence-corrected chi connectivity index (χ0v) is 20.9. The Hall–Kier alpha value is -4.25. The third-order valence-electron chi connectivity index (χ3n) is 5.56. The molecule has 0 radical (unpaired) electrons. The van der Waals surface area contributed by atoms with Gasteiger partial charge in [0.2, 0.25) is 0 Å². The average Bonchev–Trinajstić information content (AvgIpc) is 3.55. The van der Waals surface area contributed by atoms with Crippen molar-refractivity contribution in [2.75, 3.05) is 5.73 Å². The Morgan fingerprint density at radius 1 is 1.25 bits per heavy atom. The number of hydrogen-bond acceptors (Lipinski definition) is 8. The second-order valence-corrected chi connectivity index (χ2v) is 9.82. The van der Waals surface area contributed by atoms with Crippen molar-refractivity contribution >= 4 is 34.4 Å². The molecule has 0 aliphatic heterocycles. The summed E-state index contributed by atoms with van der Waals surface area (Å²) in [5, 5.41) is 11.5. The molecule has 4 N–H and O–H groups in total. The Kier molecular flexibility index (Phi) is 5.71. The number of aromatic nitrogens is 7. The molecule has 0 aliphatic carbocycles. The van der Waals surface area contributed by atoms with E-state index in [1.54, 1.807) is 24.1 Å². The lowest BCUT2D eigenvalue weighted by Crippen LogP contribution is -2.23. The zero-order chi connectivity index (χ0) is 25.6. The van der Waals surface area contributed by atoms with E-state index in [9.17, 15) is 4.79 Å². The third-order valence-corrected chi connectivity index (χ3v) is 5.91. The fourth-order valence-corrected chi connectivity index (χ4v) is 3.92. The first-order valence-corrected chi connectivity index (χ1v) is 11.5. The first-order valence-electron chi connectivity index (χ1n) is 11.2. The number of pyridine rings is 1.